The first-order valence-electron chi connectivity index (χ1n) is 10.2. The minimum absolute atomic E-state index is 1.03. The fourth-order valence-corrected chi connectivity index (χ4v) is 2.55. The summed E-state index contributed by atoms with van der Waals surface area (Å²) < 4.78 is 5.06. The molecule has 0 saturated heterocycles. The summed E-state index contributed by atoms with van der Waals surface area (Å²) in [7, 11) is 0. The maximum absolute atomic E-state index is 12.3. The third-order valence-electron chi connectivity index (χ3n) is 3.90. The van der Waals surface area contributed by atoms with E-state index in [1.807, 2.05) is 12.5 Å². The molecule has 1 aliphatic rings. The van der Waals surface area contributed by atoms with Crippen LogP contribution in [0.1, 0.15) is 0 Å². The molecule has 188 valence electrons. The molecule has 0 unspecified atom stereocenters. The summed E-state index contributed by atoms with van der Waals surface area (Å²) in [5.74, 6) is -7.13. The van der Waals surface area contributed by atoms with Gasteiger partial charge in [0.2, 0.25) is 18.3 Å². The molecule has 0 saturated carbocycles. The average Bonchev–Trinajstić information content (AvgIpc) is 2.89. The lowest BCUT2D eigenvalue weighted by atomic mass is 9.90. The van der Waals surface area contributed by atoms with E-state index < -0.39 is 59.8 Å². The first-order chi connectivity index (χ1) is 19.1. The molecule has 0 N–H and O–H groups in total. The molecule has 0 aliphatic carbocycles. The quantitative estimate of drug-likeness (QED) is 0.0940. The second kappa shape index (κ2) is 20.1. The number of guanidine groups is 1. The van der Waals surface area contributed by atoms with Crippen LogP contribution in [-0.2, 0) is 34.4 Å². The van der Waals surface area contributed by atoms with Crippen molar-refractivity contribution in [1.29, 1.82) is 0 Å². The van der Waals surface area contributed by atoms with E-state index in [1.165, 1.54) is 0 Å². The number of hydrogen-bond acceptors (Lipinski definition) is 5. The van der Waals surface area contributed by atoms with Crippen LogP contribution in [0.3, 0.4) is 0 Å². The zero-order valence-corrected chi connectivity index (χ0v) is 19.9. The van der Waals surface area contributed by atoms with Gasteiger partial charge in [-0.3, -0.25) is 9.59 Å². The summed E-state index contributed by atoms with van der Waals surface area (Å²) in [6, 6.07) is -5.58. The summed E-state index contributed by atoms with van der Waals surface area (Å²) in [5.41, 5.74) is 18.2. The predicted molar refractivity (Wildman–Crippen MR) is 119 cm³/mol. The number of nitrogens with zero attached hydrogens (tertiary/aromatic N) is 5. The van der Waals surface area contributed by atoms with Crippen LogP contribution in [0.15, 0.2) is 10.8 Å². The van der Waals surface area contributed by atoms with Crippen molar-refractivity contribution in [3.05, 3.63) is 122 Å². The van der Waals surface area contributed by atoms with Gasteiger partial charge < -0.3 is 4.74 Å². The third-order valence-corrected chi connectivity index (χ3v) is 3.90. The lowest BCUT2D eigenvalue weighted by Gasteiger charge is -2.37. The molecule has 5 atom stereocenters. The van der Waals surface area contributed by atoms with Crippen LogP contribution in [0.4, 0.5) is 0 Å². The van der Waals surface area contributed by atoms with Crippen molar-refractivity contribution >= 4 is 23.7 Å². The molecular formula is C28H9N5O7. The molecule has 40 heavy (non-hydrogen) atoms. The molecule has 2 amide bonds. The van der Waals surface area contributed by atoms with Crippen LogP contribution < -0.4 is 22.1 Å². The molecule has 12 heteroatoms. The number of ether oxygens (including phenoxy) is 1. The number of rotatable bonds is 21. The SMILES string of the molecule is [CH2][C][C][C][C][C][C][C][C][C][C][C][C][C][C]C(=O)[N][C@@H]([C@@H]1OC(C([O])=O)=[C][C@H](N=C([N])[N])[C@H]1[N]C([CH2])=O)[C@H]([O])[C][O]. The van der Waals surface area contributed by atoms with Gasteiger partial charge in [0.15, 0.2) is 6.10 Å². The van der Waals surface area contributed by atoms with Crippen molar-refractivity contribution in [3.8, 4) is 0 Å². The van der Waals surface area contributed by atoms with Gasteiger partial charge in [0.1, 0.15) is 24.2 Å². The van der Waals surface area contributed by atoms with Crippen molar-refractivity contribution < 1.29 is 34.4 Å². The Bertz CT molecular complexity index is 832. The van der Waals surface area contributed by atoms with Gasteiger partial charge in [-0.2, -0.15) is 0 Å². The highest BCUT2D eigenvalue weighted by Crippen LogP contribution is 2.26. The molecule has 12 nitrogen and oxygen atoms in total. The number of aliphatic imine (C=N–C) groups is 1. The lowest BCUT2D eigenvalue weighted by molar-refractivity contribution is -0.147. The van der Waals surface area contributed by atoms with E-state index in [-0.39, 0.29) is 0 Å². The topological polar surface area (TPSA) is 205 Å². The van der Waals surface area contributed by atoms with Crippen molar-refractivity contribution in [2.24, 2.45) is 4.99 Å². The highest BCUT2D eigenvalue weighted by atomic mass is 16.5. The standard InChI is InChI=1S/C28H9N5O7/c1-3-4-5-6-7-8-9-10-11-12-13-14-15-16-23(37)33-25(21(36)18-34)26-24(31-19(2)35)20(32-28(29)30)17-22(40-26)27(38)39/h20-21,24-26H,1-2H2/t20-,21+,24+,25+,26+/m0/s1. The Morgan fingerprint density at radius 2 is 1.45 bits per heavy atom. The summed E-state index contributed by atoms with van der Waals surface area (Å²) in [4.78, 5) is 38.4. The van der Waals surface area contributed by atoms with E-state index in [1.54, 1.807) is 0 Å². The fraction of sp³-hybridized carbons (Fsp3) is 0.179. The van der Waals surface area contributed by atoms with Gasteiger partial charge in [0.25, 0.3) is 11.9 Å². The number of hydrogen-bond donors (Lipinski definition) is 0. The maximum Gasteiger partial charge on any atom is 0.420 e. The summed E-state index contributed by atoms with van der Waals surface area (Å²) in [5, 5.41) is 41.7. The first kappa shape index (κ1) is 35.2. The van der Waals surface area contributed by atoms with Gasteiger partial charge in [-0.05, 0) is 51.9 Å². The van der Waals surface area contributed by atoms with Gasteiger partial charge in [0, 0.05) is 51.5 Å². The summed E-state index contributed by atoms with van der Waals surface area (Å²) in [6.07, 6.45) is 29.6. The van der Waals surface area contributed by atoms with Crippen molar-refractivity contribution in [3.63, 3.8) is 0 Å². The molecule has 0 spiro atoms. The highest BCUT2D eigenvalue weighted by molar-refractivity contribution is 5.87. The minimum Gasteiger partial charge on any atom is -0.478 e. The molecule has 0 fully saturated rings. The summed E-state index contributed by atoms with van der Waals surface area (Å²) >= 11 is 0. The van der Waals surface area contributed by atoms with Crippen molar-refractivity contribution in [1.82, 2.24) is 22.1 Å². The monoisotopic (exact) mass is 527 g/mol. The maximum atomic E-state index is 12.3. The zero-order chi connectivity index (χ0) is 29.9. The Labute approximate surface area is 238 Å². The highest BCUT2D eigenvalue weighted by Gasteiger charge is 2.48. The third kappa shape index (κ3) is 14.0. The first-order valence-corrected chi connectivity index (χ1v) is 10.2. The van der Waals surface area contributed by atoms with Gasteiger partial charge in [0.05, 0.1) is 6.42 Å². The van der Waals surface area contributed by atoms with Crippen molar-refractivity contribution in [2.45, 2.75) is 30.3 Å². The van der Waals surface area contributed by atoms with E-state index in [0.717, 1.165) is 6.61 Å². The smallest absolute Gasteiger partial charge is 0.420 e. The molecule has 1 aliphatic heterocycles. The molecule has 0 aromatic heterocycles. The second-order valence-electron chi connectivity index (χ2n) is 6.50. The number of carbonyl (C=O) groups excluding carboxylic acids is 3. The van der Waals surface area contributed by atoms with Crippen LogP contribution in [0, 0.1) is 116 Å². The van der Waals surface area contributed by atoms with Crippen molar-refractivity contribution in [2.75, 3.05) is 0 Å². The van der Waals surface area contributed by atoms with Crippen LogP contribution in [0.2, 0.25) is 0 Å². The Morgan fingerprint density at radius 1 is 0.925 bits per heavy atom. The normalized spacial score (nSPS) is 20.0. The van der Waals surface area contributed by atoms with Crippen LogP contribution in [-0.4, -0.2) is 54.1 Å². The molecule has 1 heterocycles. The van der Waals surface area contributed by atoms with Gasteiger partial charge in [-0.1, -0.05) is 0 Å². The Hall–Kier alpha value is -2.86. The van der Waals surface area contributed by atoms with E-state index in [9.17, 15) is 29.7 Å². The van der Waals surface area contributed by atoms with Crippen LogP contribution in [0.25, 0.3) is 0 Å². The van der Waals surface area contributed by atoms with E-state index >= 15 is 0 Å². The summed E-state index contributed by atoms with van der Waals surface area (Å²) in [6.45, 7) is 7.28. The number of unbranched alkanes of at least 4 members (excludes halogenated alkanes) is 12. The molecule has 0 bridgehead atoms. The number of carbonyl (C=O) groups is 3. The zero-order valence-electron chi connectivity index (χ0n) is 19.9. The molecule has 1 rings (SSSR count). The van der Waals surface area contributed by atoms with Gasteiger partial charge in [-0.15, -0.1) is 11.5 Å². The minimum atomic E-state index is -2.48. The molecule has 42 radical (unpaired) electrons. The molecule has 0 aromatic rings. The number of amides is 2. The Kier molecular flexibility index (Phi) is 17.7. The van der Waals surface area contributed by atoms with E-state index in [2.05, 4.69) is 113 Å². The van der Waals surface area contributed by atoms with Gasteiger partial charge >= 0.3 is 5.97 Å². The van der Waals surface area contributed by atoms with Crippen LogP contribution in [0.5, 0.6) is 0 Å². The van der Waals surface area contributed by atoms with Gasteiger partial charge in [-0.25, -0.2) is 35.7 Å². The van der Waals surface area contributed by atoms with E-state index in [0.29, 0.717) is 0 Å². The Balaban J connectivity index is 2.65. The van der Waals surface area contributed by atoms with E-state index in [4.69, 9.17) is 16.2 Å². The second-order valence-corrected chi connectivity index (χ2v) is 6.50. The average molecular weight is 527 g/mol. The Morgan fingerprint density at radius 3 is 1.90 bits per heavy atom. The molecular weight excluding hydrogens is 518 g/mol. The predicted octanol–water partition coefficient (Wildman–Crippen LogP) is -2.03. The molecule has 0 aromatic carbocycles. The lowest BCUT2D eigenvalue weighted by Crippen LogP contribution is -2.60. The van der Waals surface area contributed by atoms with Crippen LogP contribution >= 0.6 is 0 Å². The fourth-order valence-electron chi connectivity index (χ4n) is 2.55. The largest absolute Gasteiger partial charge is 0.478 e.